The van der Waals surface area contributed by atoms with Crippen LogP contribution in [-0.2, 0) is 11.4 Å². The van der Waals surface area contributed by atoms with Gasteiger partial charge in [0, 0.05) is 0 Å². The highest BCUT2D eigenvalue weighted by molar-refractivity contribution is 7.12. The minimum absolute atomic E-state index is 0.251. The molecule has 0 spiro atoms. The van der Waals surface area contributed by atoms with Gasteiger partial charge in [0.05, 0.1) is 23.1 Å². The third kappa shape index (κ3) is 3.17. The summed E-state index contributed by atoms with van der Waals surface area (Å²) in [6.07, 6.45) is 0. The zero-order chi connectivity index (χ0) is 12.8. The van der Waals surface area contributed by atoms with Gasteiger partial charge in [-0.15, -0.1) is 11.3 Å². The van der Waals surface area contributed by atoms with Gasteiger partial charge in [-0.3, -0.25) is 9.63 Å². The molecule has 1 heterocycles. The first-order valence-corrected chi connectivity index (χ1v) is 6.12. The van der Waals surface area contributed by atoms with Crippen molar-refractivity contribution >= 4 is 17.2 Å². The standard InChI is InChI=1S/C13H10N2O2S/c14-8-10-3-5-11(6-4-10)9-17-15-13(16)12-2-1-7-18-12/h1-7H,9H2,(H,15,16). The Labute approximate surface area is 108 Å². The van der Waals surface area contributed by atoms with Crippen molar-refractivity contribution in [2.24, 2.45) is 0 Å². The van der Waals surface area contributed by atoms with Crippen LogP contribution < -0.4 is 5.48 Å². The van der Waals surface area contributed by atoms with Crippen LogP contribution in [0.3, 0.4) is 0 Å². The van der Waals surface area contributed by atoms with Crippen LogP contribution in [0.25, 0.3) is 0 Å². The van der Waals surface area contributed by atoms with Gasteiger partial charge >= 0.3 is 0 Å². The van der Waals surface area contributed by atoms with Gasteiger partial charge < -0.3 is 0 Å². The summed E-state index contributed by atoms with van der Waals surface area (Å²) in [7, 11) is 0. The van der Waals surface area contributed by atoms with Crippen LogP contribution in [0.15, 0.2) is 41.8 Å². The van der Waals surface area contributed by atoms with Gasteiger partial charge in [0.1, 0.15) is 0 Å². The lowest BCUT2D eigenvalue weighted by Crippen LogP contribution is -2.22. The highest BCUT2D eigenvalue weighted by atomic mass is 32.1. The molecular weight excluding hydrogens is 248 g/mol. The molecule has 4 nitrogen and oxygen atoms in total. The lowest BCUT2D eigenvalue weighted by molar-refractivity contribution is 0.0237. The van der Waals surface area contributed by atoms with E-state index in [2.05, 4.69) is 5.48 Å². The Hall–Kier alpha value is -2.16. The molecule has 5 heteroatoms. The van der Waals surface area contributed by atoms with Gasteiger partial charge in [-0.1, -0.05) is 18.2 Å². The van der Waals surface area contributed by atoms with Crippen molar-refractivity contribution in [1.29, 1.82) is 5.26 Å². The maximum atomic E-state index is 11.5. The Morgan fingerprint density at radius 3 is 2.72 bits per heavy atom. The Kier molecular flexibility index (Phi) is 4.07. The number of nitriles is 1. The normalized spacial score (nSPS) is 9.72. The van der Waals surface area contributed by atoms with E-state index in [1.54, 1.807) is 36.4 Å². The zero-order valence-electron chi connectivity index (χ0n) is 9.42. The van der Waals surface area contributed by atoms with Gasteiger partial charge in [0.2, 0.25) is 0 Å². The fraction of sp³-hybridized carbons (Fsp3) is 0.0769. The lowest BCUT2D eigenvalue weighted by Gasteiger charge is -2.04. The first-order chi connectivity index (χ1) is 8.79. The second kappa shape index (κ2) is 5.96. The minimum atomic E-state index is -0.251. The first kappa shape index (κ1) is 12.3. The SMILES string of the molecule is N#Cc1ccc(CONC(=O)c2cccs2)cc1. The van der Waals surface area contributed by atoms with Gasteiger partial charge in [0.15, 0.2) is 0 Å². The van der Waals surface area contributed by atoms with Crippen LogP contribution in [0.2, 0.25) is 0 Å². The van der Waals surface area contributed by atoms with Gasteiger partial charge in [0.25, 0.3) is 5.91 Å². The topological polar surface area (TPSA) is 62.1 Å². The van der Waals surface area contributed by atoms with Crippen molar-refractivity contribution in [3.63, 3.8) is 0 Å². The molecule has 0 fully saturated rings. The maximum Gasteiger partial charge on any atom is 0.284 e. The summed E-state index contributed by atoms with van der Waals surface area (Å²) < 4.78 is 0. The Bertz CT molecular complexity index is 556. The van der Waals surface area contributed by atoms with E-state index in [9.17, 15) is 4.79 Å². The Balaban J connectivity index is 1.82. The van der Waals surface area contributed by atoms with E-state index in [0.717, 1.165) is 5.56 Å². The molecule has 0 aliphatic carbocycles. The van der Waals surface area contributed by atoms with Crippen LogP contribution in [0.4, 0.5) is 0 Å². The zero-order valence-corrected chi connectivity index (χ0v) is 10.2. The van der Waals surface area contributed by atoms with Crippen LogP contribution in [0.5, 0.6) is 0 Å². The van der Waals surface area contributed by atoms with E-state index in [0.29, 0.717) is 10.4 Å². The molecule has 2 aromatic rings. The number of benzene rings is 1. The number of amides is 1. The molecule has 0 aliphatic heterocycles. The number of nitrogens with zero attached hydrogens (tertiary/aromatic N) is 1. The van der Waals surface area contributed by atoms with Crippen LogP contribution >= 0.6 is 11.3 Å². The number of hydrogen-bond acceptors (Lipinski definition) is 4. The maximum absolute atomic E-state index is 11.5. The molecule has 1 N–H and O–H groups in total. The molecule has 0 unspecified atom stereocenters. The number of hydrogen-bond donors (Lipinski definition) is 1. The fourth-order valence-electron chi connectivity index (χ4n) is 1.32. The van der Waals surface area contributed by atoms with Gasteiger partial charge in [-0.25, -0.2) is 5.48 Å². The predicted octanol–water partition coefficient (Wildman–Crippen LogP) is 2.48. The number of thiophene rings is 1. The van der Waals surface area contributed by atoms with E-state index in [1.165, 1.54) is 11.3 Å². The van der Waals surface area contributed by atoms with E-state index < -0.39 is 0 Å². The van der Waals surface area contributed by atoms with E-state index in [4.69, 9.17) is 10.1 Å². The molecule has 0 atom stereocenters. The van der Waals surface area contributed by atoms with Gasteiger partial charge in [-0.2, -0.15) is 5.26 Å². The van der Waals surface area contributed by atoms with Crippen molar-refractivity contribution < 1.29 is 9.63 Å². The molecule has 0 saturated carbocycles. The highest BCUT2D eigenvalue weighted by Gasteiger charge is 2.05. The molecule has 0 bridgehead atoms. The molecule has 0 radical (unpaired) electrons. The summed E-state index contributed by atoms with van der Waals surface area (Å²) in [5.74, 6) is -0.251. The van der Waals surface area contributed by atoms with Crippen molar-refractivity contribution in [3.05, 3.63) is 57.8 Å². The Morgan fingerprint density at radius 2 is 2.11 bits per heavy atom. The summed E-state index contributed by atoms with van der Waals surface area (Å²) in [5, 5.41) is 10.5. The third-order valence-corrected chi connectivity index (χ3v) is 3.10. The fourth-order valence-corrected chi connectivity index (χ4v) is 1.93. The largest absolute Gasteiger partial charge is 0.284 e. The smallest absolute Gasteiger partial charge is 0.269 e. The number of nitrogens with one attached hydrogen (secondary N) is 1. The highest BCUT2D eigenvalue weighted by Crippen LogP contribution is 2.08. The number of carbonyl (C=O) groups is 1. The molecule has 0 saturated heterocycles. The lowest BCUT2D eigenvalue weighted by atomic mass is 10.2. The third-order valence-electron chi connectivity index (χ3n) is 2.23. The van der Waals surface area contributed by atoms with E-state index >= 15 is 0 Å². The first-order valence-electron chi connectivity index (χ1n) is 5.24. The minimum Gasteiger partial charge on any atom is -0.269 e. The second-order valence-electron chi connectivity index (χ2n) is 3.51. The van der Waals surface area contributed by atoms with E-state index in [1.807, 2.05) is 11.4 Å². The summed E-state index contributed by atoms with van der Waals surface area (Å²) in [6.45, 7) is 0.267. The molecule has 2 rings (SSSR count). The number of carbonyl (C=O) groups excluding carboxylic acids is 1. The summed E-state index contributed by atoms with van der Waals surface area (Å²) in [4.78, 5) is 17.2. The van der Waals surface area contributed by atoms with Crippen molar-refractivity contribution in [2.45, 2.75) is 6.61 Å². The number of rotatable bonds is 4. The molecule has 1 aromatic carbocycles. The van der Waals surface area contributed by atoms with Crippen LogP contribution in [-0.4, -0.2) is 5.91 Å². The average Bonchev–Trinajstić information content (AvgIpc) is 2.93. The van der Waals surface area contributed by atoms with Crippen molar-refractivity contribution in [2.75, 3.05) is 0 Å². The quantitative estimate of drug-likeness (QED) is 0.857. The van der Waals surface area contributed by atoms with E-state index in [-0.39, 0.29) is 12.5 Å². The van der Waals surface area contributed by atoms with Gasteiger partial charge in [-0.05, 0) is 29.1 Å². The second-order valence-corrected chi connectivity index (χ2v) is 4.45. The summed E-state index contributed by atoms with van der Waals surface area (Å²) in [5.41, 5.74) is 3.86. The summed E-state index contributed by atoms with van der Waals surface area (Å²) in [6, 6.07) is 12.6. The van der Waals surface area contributed by atoms with Crippen molar-refractivity contribution in [3.8, 4) is 6.07 Å². The molecular formula is C13H10N2O2S. The summed E-state index contributed by atoms with van der Waals surface area (Å²) >= 11 is 1.35. The molecule has 18 heavy (non-hydrogen) atoms. The average molecular weight is 258 g/mol. The predicted molar refractivity (Wildman–Crippen MR) is 67.7 cm³/mol. The van der Waals surface area contributed by atoms with Crippen LogP contribution in [0, 0.1) is 11.3 Å². The molecule has 0 aliphatic rings. The molecule has 1 aromatic heterocycles. The molecule has 90 valence electrons. The Morgan fingerprint density at radius 1 is 1.33 bits per heavy atom. The van der Waals surface area contributed by atoms with Crippen LogP contribution in [0.1, 0.15) is 20.8 Å². The molecule has 1 amide bonds. The number of hydroxylamine groups is 1. The monoisotopic (exact) mass is 258 g/mol. The van der Waals surface area contributed by atoms with Crippen molar-refractivity contribution in [1.82, 2.24) is 5.48 Å².